The Morgan fingerprint density at radius 2 is 2.35 bits per heavy atom. The number of carbonyl (C=O) groups excluding carboxylic acids is 1. The molecule has 0 radical (unpaired) electrons. The number of amides is 1. The van der Waals surface area contributed by atoms with Gasteiger partial charge in [-0.1, -0.05) is 13.3 Å². The van der Waals surface area contributed by atoms with Gasteiger partial charge in [-0.25, -0.2) is 0 Å². The van der Waals surface area contributed by atoms with Crippen molar-refractivity contribution in [2.24, 2.45) is 0 Å². The zero-order valence-corrected chi connectivity index (χ0v) is 10.7. The molecule has 0 aromatic carbocycles. The first-order valence-electron chi connectivity index (χ1n) is 6.95. The molecule has 0 aromatic heterocycles. The van der Waals surface area contributed by atoms with Crippen LogP contribution >= 0.6 is 0 Å². The van der Waals surface area contributed by atoms with E-state index in [4.69, 9.17) is 4.74 Å². The zero-order chi connectivity index (χ0) is 12.1. The van der Waals surface area contributed by atoms with E-state index >= 15 is 0 Å². The van der Waals surface area contributed by atoms with Crippen LogP contribution in [0.25, 0.3) is 0 Å². The van der Waals surface area contributed by atoms with Crippen LogP contribution in [0.15, 0.2) is 0 Å². The van der Waals surface area contributed by atoms with Crippen LogP contribution in [0.3, 0.4) is 0 Å². The molecule has 0 bridgehead atoms. The van der Waals surface area contributed by atoms with E-state index in [-0.39, 0.29) is 11.9 Å². The first-order valence-corrected chi connectivity index (χ1v) is 6.95. The van der Waals surface area contributed by atoms with Gasteiger partial charge in [0, 0.05) is 19.2 Å². The fourth-order valence-corrected chi connectivity index (χ4v) is 2.77. The molecule has 1 amide bonds. The van der Waals surface area contributed by atoms with Crippen LogP contribution in [-0.4, -0.2) is 37.2 Å². The molecule has 2 saturated heterocycles. The summed E-state index contributed by atoms with van der Waals surface area (Å²) in [5.74, 6) is 0.176. The Bertz CT molecular complexity index is 256. The van der Waals surface area contributed by atoms with Crippen molar-refractivity contribution < 1.29 is 9.53 Å². The monoisotopic (exact) mass is 240 g/mol. The summed E-state index contributed by atoms with van der Waals surface area (Å²) in [5.41, 5.74) is 0. The predicted molar refractivity (Wildman–Crippen MR) is 66.8 cm³/mol. The second-order valence-electron chi connectivity index (χ2n) is 5.16. The molecule has 4 nitrogen and oxygen atoms in total. The average molecular weight is 240 g/mol. The predicted octanol–water partition coefficient (Wildman–Crippen LogP) is 1.20. The molecule has 2 fully saturated rings. The first-order chi connectivity index (χ1) is 8.29. The lowest BCUT2D eigenvalue weighted by Gasteiger charge is -2.33. The highest BCUT2D eigenvalue weighted by molar-refractivity contribution is 5.82. The molecule has 2 aliphatic rings. The van der Waals surface area contributed by atoms with Crippen molar-refractivity contribution >= 4 is 5.91 Å². The number of piperidine rings is 1. The van der Waals surface area contributed by atoms with Gasteiger partial charge in [-0.15, -0.1) is 0 Å². The second kappa shape index (κ2) is 6.36. The van der Waals surface area contributed by atoms with Gasteiger partial charge in [-0.3, -0.25) is 4.79 Å². The standard InChI is InChI=1S/C13H24N2O2/c1-2-4-11-9-10(6-8-17-11)15-12-5-3-7-14-13(12)16/h10-12,15H,2-9H2,1H3,(H,14,16). The molecule has 2 N–H and O–H groups in total. The minimum absolute atomic E-state index is 0.0223. The Balaban J connectivity index is 1.79. The third kappa shape index (κ3) is 3.68. The van der Waals surface area contributed by atoms with Gasteiger partial charge in [0.2, 0.25) is 5.91 Å². The van der Waals surface area contributed by atoms with E-state index in [1.807, 2.05) is 0 Å². The number of ether oxygens (including phenoxy) is 1. The Morgan fingerprint density at radius 3 is 3.12 bits per heavy atom. The van der Waals surface area contributed by atoms with Crippen molar-refractivity contribution in [1.82, 2.24) is 10.6 Å². The van der Waals surface area contributed by atoms with Crippen LogP contribution in [0.2, 0.25) is 0 Å². The maximum Gasteiger partial charge on any atom is 0.237 e. The summed E-state index contributed by atoms with van der Waals surface area (Å²) in [6.45, 7) is 3.86. The molecular formula is C13H24N2O2. The van der Waals surface area contributed by atoms with E-state index in [9.17, 15) is 4.79 Å². The molecular weight excluding hydrogens is 216 g/mol. The van der Waals surface area contributed by atoms with Crippen molar-refractivity contribution in [2.45, 2.75) is 63.6 Å². The van der Waals surface area contributed by atoms with Crippen molar-refractivity contribution in [2.75, 3.05) is 13.2 Å². The Hall–Kier alpha value is -0.610. The van der Waals surface area contributed by atoms with Crippen LogP contribution in [0, 0.1) is 0 Å². The third-order valence-electron chi connectivity index (χ3n) is 3.70. The molecule has 98 valence electrons. The second-order valence-corrected chi connectivity index (χ2v) is 5.16. The molecule has 0 aromatic rings. The zero-order valence-electron chi connectivity index (χ0n) is 10.7. The minimum atomic E-state index is 0.0223. The van der Waals surface area contributed by atoms with Crippen molar-refractivity contribution in [3.05, 3.63) is 0 Å². The summed E-state index contributed by atoms with van der Waals surface area (Å²) >= 11 is 0. The topological polar surface area (TPSA) is 50.4 Å². The molecule has 2 rings (SSSR count). The summed E-state index contributed by atoms with van der Waals surface area (Å²) in [6.07, 6.45) is 6.84. The average Bonchev–Trinajstić information content (AvgIpc) is 2.33. The molecule has 17 heavy (non-hydrogen) atoms. The van der Waals surface area contributed by atoms with E-state index in [1.54, 1.807) is 0 Å². The van der Waals surface area contributed by atoms with Gasteiger partial charge in [0.1, 0.15) is 0 Å². The van der Waals surface area contributed by atoms with E-state index < -0.39 is 0 Å². The maximum absolute atomic E-state index is 11.7. The highest BCUT2D eigenvalue weighted by Crippen LogP contribution is 2.19. The number of carbonyl (C=O) groups is 1. The van der Waals surface area contributed by atoms with Crippen LogP contribution in [0.4, 0.5) is 0 Å². The number of hydrogen-bond donors (Lipinski definition) is 2. The summed E-state index contributed by atoms with van der Waals surface area (Å²) in [4.78, 5) is 11.7. The van der Waals surface area contributed by atoms with Crippen LogP contribution < -0.4 is 10.6 Å². The smallest absolute Gasteiger partial charge is 0.237 e. The van der Waals surface area contributed by atoms with Gasteiger partial charge in [0.05, 0.1) is 12.1 Å². The lowest BCUT2D eigenvalue weighted by Crippen LogP contribution is -2.53. The van der Waals surface area contributed by atoms with Gasteiger partial charge >= 0.3 is 0 Å². The molecule has 3 atom stereocenters. The molecule has 3 unspecified atom stereocenters. The van der Waals surface area contributed by atoms with Gasteiger partial charge in [0.15, 0.2) is 0 Å². The largest absolute Gasteiger partial charge is 0.378 e. The fourth-order valence-electron chi connectivity index (χ4n) is 2.77. The molecule has 0 aliphatic carbocycles. The van der Waals surface area contributed by atoms with Crippen LogP contribution in [0.1, 0.15) is 45.4 Å². The van der Waals surface area contributed by atoms with Gasteiger partial charge < -0.3 is 15.4 Å². The van der Waals surface area contributed by atoms with Crippen LogP contribution in [0.5, 0.6) is 0 Å². The summed E-state index contributed by atoms with van der Waals surface area (Å²) in [7, 11) is 0. The van der Waals surface area contributed by atoms with E-state index in [0.29, 0.717) is 12.1 Å². The van der Waals surface area contributed by atoms with E-state index in [0.717, 1.165) is 45.3 Å². The number of hydrogen-bond acceptors (Lipinski definition) is 3. The third-order valence-corrected chi connectivity index (χ3v) is 3.70. The van der Waals surface area contributed by atoms with Crippen molar-refractivity contribution in [3.63, 3.8) is 0 Å². The summed E-state index contributed by atoms with van der Waals surface area (Å²) in [5, 5.41) is 6.43. The van der Waals surface area contributed by atoms with Crippen molar-refractivity contribution in [3.8, 4) is 0 Å². The SMILES string of the molecule is CCCC1CC(NC2CCCNC2=O)CCO1. The first kappa shape index (κ1) is 12.8. The normalized spacial score (nSPS) is 34.4. The molecule has 0 spiro atoms. The van der Waals surface area contributed by atoms with Crippen molar-refractivity contribution in [1.29, 1.82) is 0 Å². The Morgan fingerprint density at radius 1 is 1.47 bits per heavy atom. The highest BCUT2D eigenvalue weighted by atomic mass is 16.5. The molecule has 0 saturated carbocycles. The lowest BCUT2D eigenvalue weighted by atomic mass is 9.97. The van der Waals surface area contributed by atoms with Gasteiger partial charge in [-0.2, -0.15) is 0 Å². The quantitative estimate of drug-likeness (QED) is 0.776. The van der Waals surface area contributed by atoms with Gasteiger partial charge in [0.25, 0.3) is 0 Å². The van der Waals surface area contributed by atoms with E-state index in [1.165, 1.54) is 6.42 Å². The lowest BCUT2D eigenvalue weighted by molar-refractivity contribution is -0.125. The van der Waals surface area contributed by atoms with Gasteiger partial charge in [-0.05, 0) is 32.1 Å². The van der Waals surface area contributed by atoms with Crippen LogP contribution in [-0.2, 0) is 9.53 Å². The number of nitrogens with one attached hydrogen (secondary N) is 2. The summed E-state index contributed by atoms with van der Waals surface area (Å²) < 4.78 is 5.72. The Labute approximate surface area is 103 Å². The summed E-state index contributed by atoms with van der Waals surface area (Å²) in [6, 6.07) is 0.475. The molecule has 4 heteroatoms. The fraction of sp³-hybridized carbons (Fsp3) is 0.923. The maximum atomic E-state index is 11.7. The molecule has 2 heterocycles. The molecule has 2 aliphatic heterocycles. The number of rotatable bonds is 4. The Kier molecular flexibility index (Phi) is 4.80. The minimum Gasteiger partial charge on any atom is -0.378 e. The van der Waals surface area contributed by atoms with E-state index in [2.05, 4.69) is 17.6 Å². The highest BCUT2D eigenvalue weighted by Gasteiger charge is 2.28.